The molecule has 0 aromatic rings. The summed E-state index contributed by atoms with van der Waals surface area (Å²) in [5.41, 5.74) is 6.00. The van der Waals surface area contributed by atoms with Crippen LogP contribution in [0.5, 0.6) is 0 Å². The quantitative estimate of drug-likeness (QED) is 0.775. The Morgan fingerprint density at radius 1 is 1.13 bits per heavy atom. The average molecular weight is 210 g/mol. The molecule has 1 heterocycles. The molecule has 2 unspecified atom stereocenters. The van der Waals surface area contributed by atoms with E-state index < -0.39 is 0 Å². The van der Waals surface area contributed by atoms with Gasteiger partial charge in [0.2, 0.25) is 0 Å². The van der Waals surface area contributed by atoms with Gasteiger partial charge in [0.25, 0.3) is 0 Å². The van der Waals surface area contributed by atoms with Crippen molar-refractivity contribution in [1.82, 2.24) is 4.90 Å². The van der Waals surface area contributed by atoms with E-state index in [0.29, 0.717) is 6.04 Å². The summed E-state index contributed by atoms with van der Waals surface area (Å²) in [5.74, 6) is 0.893. The molecule has 0 aromatic heterocycles. The smallest absolute Gasteiger partial charge is 0.0249 e. The molecule has 88 valence electrons. The molecule has 2 heteroatoms. The van der Waals surface area contributed by atoms with Crippen molar-refractivity contribution in [3.63, 3.8) is 0 Å². The third-order valence-electron chi connectivity index (χ3n) is 4.47. The van der Waals surface area contributed by atoms with Crippen LogP contribution in [0, 0.1) is 5.92 Å². The van der Waals surface area contributed by atoms with Crippen LogP contribution in [0.2, 0.25) is 0 Å². The molecule has 2 nitrogen and oxygen atoms in total. The first-order valence-electron chi connectivity index (χ1n) is 6.78. The first-order valence-corrected chi connectivity index (χ1v) is 6.78. The lowest BCUT2D eigenvalue weighted by Crippen LogP contribution is -2.47. The molecule has 0 spiro atoms. The standard InChI is InChI=1S/C13H26N2/c1-11-6-5-9-15(11)13(10-14)12-7-3-2-4-8-12/h11-13H,2-10,14H2,1H3. The van der Waals surface area contributed by atoms with E-state index in [4.69, 9.17) is 5.73 Å². The number of likely N-dealkylation sites (tertiary alicyclic amines) is 1. The van der Waals surface area contributed by atoms with Gasteiger partial charge in [-0.05, 0) is 45.1 Å². The number of rotatable bonds is 3. The van der Waals surface area contributed by atoms with Crippen molar-refractivity contribution in [3.05, 3.63) is 0 Å². The second kappa shape index (κ2) is 5.31. The van der Waals surface area contributed by atoms with Crippen LogP contribution in [0.4, 0.5) is 0 Å². The molecule has 15 heavy (non-hydrogen) atoms. The van der Waals surface area contributed by atoms with Gasteiger partial charge in [-0.1, -0.05) is 19.3 Å². The van der Waals surface area contributed by atoms with E-state index in [1.54, 1.807) is 0 Å². The summed E-state index contributed by atoms with van der Waals surface area (Å²) in [6.45, 7) is 4.53. The Balaban J connectivity index is 1.95. The van der Waals surface area contributed by atoms with Gasteiger partial charge < -0.3 is 5.73 Å². The third kappa shape index (κ3) is 2.54. The van der Waals surface area contributed by atoms with Crippen LogP contribution >= 0.6 is 0 Å². The molecule has 1 saturated carbocycles. The van der Waals surface area contributed by atoms with E-state index >= 15 is 0 Å². The molecule has 0 bridgehead atoms. The number of nitrogens with two attached hydrogens (primary N) is 1. The summed E-state index contributed by atoms with van der Waals surface area (Å²) in [7, 11) is 0. The van der Waals surface area contributed by atoms with E-state index in [1.165, 1.54) is 51.5 Å². The predicted molar refractivity (Wildman–Crippen MR) is 64.8 cm³/mol. The van der Waals surface area contributed by atoms with Gasteiger partial charge in [0, 0.05) is 18.6 Å². The highest BCUT2D eigenvalue weighted by Crippen LogP contribution is 2.31. The topological polar surface area (TPSA) is 29.3 Å². The Labute approximate surface area is 94.2 Å². The maximum absolute atomic E-state index is 6.00. The first-order chi connectivity index (χ1) is 7.33. The van der Waals surface area contributed by atoms with Gasteiger partial charge >= 0.3 is 0 Å². The van der Waals surface area contributed by atoms with E-state index in [-0.39, 0.29) is 0 Å². The summed E-state index contributed by atoms with van der Waals surface area (Å²) in [4.78, 5) is 2.69. The molecule has 0 amide bonds. The monoisotopic (exact) mass is 210 g/mol. The number of hydrogen-bond acceptors (Lipinski definition) is 2. The molecule has 0 radical (unpaired) electrons. The van der Waals surface area contributed by atoms with E-state index in [9.17, 15) is 0 Å². The minimum absolute atomic E-state index is 0.683. The van der Waals surface area contributed by atoms with Gasteiger partial charge in [0.1, 0.15) is 0 Å². The lowest BCUT2D eigenvalue weighted by atomic mass is 9.83. The Morgan fingerprint density at radius 2 is 1.87 bits per heavy atom. The van der Waals surface area contributed by atoms with E-state index in [1.807, 2.05) is 0 Å². The molecule has 0 aromatic carbocycles. The van der Waals surface area contributed by atoms with Gasteiger partial charge in [-0.3, -0.25) is 4.90 Å². The van der Waals surface area contributed by atoms with Gasteiger partial charge in [-0.25, -0.2) is 0 Å². The SMILES string of the molecule is CC1CCCN1C(CN)C1CCCCC1. The Morgan fingerprint density at radius 3 is 2.40 bits per heavy atom. The minimum atomic E-state index is 0.683. The van der Waals surface area contributed by atoms with Crippen molar-refractivity contribution in [3.8, 4) is 0 Å². The highest BCUT2D eigenvalue weighted by Gasteiger charge is 2.32. The fraction of sp³-hybridized carbons (Fsp3) is 1.00. The van der Waals surface area contributed by atoms with Gasteiger partial charge in [0.15, 0.2) is 0 Å². The normalized spacial score (nSPS) is 32.0. The van der Waals surface area contributed by atoms with Crippen molar-refractivity contribution in [2.45, 2.75) is 64.0 Å². The molecule has 2 N–H and O–H groups in total. The van der Waals surface area contributed by atoms with Crippen LogP contribution in [0.1, 0.15) is 51.9 Å². The van der Waals surface area contributed by atoms with Crippen molar-refractivity contribution in [1.29, 1.82) is 0 Å². The molecule has 2 fully saturated rings. The zero-order valence-electron chi connectivity index (χ0n) is 10.1. The maximum atomic E-state index is 6.00. The largest absolute Gasteiger partial charge is 0.329 e. The van der Waals surface area contributed by atoms with Crippen molar-refractivity contribution in [2.75, 3.05) is 13.1 Å². The molecule has 2 aliphatic rings. The van der Waals surface area contributed by atoms with Crippen molar-refractivity contribution in [2.24, 2.45) is 11.7 Å². The van der Waals surface area contributed by atoms with Crippen molar-refractivity contribution >= 4 is 0 Å². The fourth-order valence-electron chi connectivity index (χ4n) is 3.57. The molecule has 2 atom stereocenters. The minimum Gasteiger partial charge on any atom is -0.329 e. The zero-order valence-corrected chi connectivity index (χ0v) is 10.1. The zero-order chi connectivity index (χ0) is 10.7. The maximum Gasteiger partial charge on any atom is 0.0249 e. The lowest BCUT2D eigenvalue weighted by molar-refractivity contribution is 0.116. The highest BCUT2D eigenvalue weighted by atomic mass is 15.2. The van der Waals surface area contributed by atoms with E-state index in [0.717, 1.165) is 18.5 Å². The van der Waals surface area contributed by atoms with Crippen LogP contribution in [0.25, 0.3) is 0 Å². The van der Waals surface area contributed by atoms with Gasteiger partial charge in [0.05, 0.1) is 0 Å². The van der Waals surface area contributed by atoms with Crippen LogP contribution in [0.15, 0.2) is 0 Å². The third-order valence-corrected chi connectivity index (χ3v) is 4.47. The van der Waals surface area contributed by atoms with Crippen molar-refractivity contribution < 1.29 is 0 Å². The molecule has 1 aliphatic heterocycles. The van der Waals surface area contributed by atoms with Crippen LogP contribution in [-0.2, 0) is 0 Å². The molecule has 1 saturated heterocycles. The average Bonchev–Trinajstić information content (AvgIpc) is 2.68. The van der Waals surface area contributed by atoms with E-state index in [2.05, 4.69) is 11.8 Å². The molecular weight excluding hydrogens is 184 g/mol. The second-order valence-corrected chi connectivity index (χ2v) is 5.43. The summed E-state index contributed by atoms with van der Waals surface area (Å²) < 4.78 is 0. The number of nitrogens with zero attached hydrogens (tertiary/aromatic N) is 1. The second-order valence-electron chi connectivity index (χ2n) is 5.43. The van der Waals surface area contributed by atoms with Crippen LogP contribution in [0.3, 0.4) is 0 Å². The van der Waals surface area contributed by atoms with Gasteiger partial charge in [-0.15, -0.1) is 0 Å². The van der Waals surface area contributed by atoms with Crippen LogP contribution in [-0.4, -0.2) is 30.1 Å². The molecular formula is C13H26N2. The summed E-state index contributed by atoms with van der Waals surface area (Å²) >= 11 is 0. The Bertz CT molecular complexity index is 187. The number of hydrogen-bond donors (Lipinski definition) is 1. The Kier molecular flexibility index (Phi) is 4.04. The summed E-state index contributed by atoms with van der Waals surface area (Å²) in [6, 6.07) is 1.46. The Hall–Kier alpha value is -0.0800. The highest BCUT2D eigenvalue weighted by molar-refractivity contribution is 4.88. The van der Waals surface area contributed by atoms with Crippen LogP contribution < -0.4 is 5.73 Å². The predicted octanol–water partition coefficient (Wildman–Crippen LogP) is 2.38. The van der Waals surface area contributed by atoms with Gasteiger partial charge in [-0.2, -0.15) is 0 Å². The fourth-order valence-corrected chi connectivity index (χ4v) is 3.57. The lowest BCUT2D eigenvalue weighted by Gasteiger charge is -2.38. The summed E-state index contributed by atoms with van der Waals surface area (Å²) in [6.07, 6.45) is 9.92. The summed E-state index contributed by atoms with van der Waals surface area (Å²) in [5, 5.41) is 0. The molecule has 1 aliphatic carbocycles. The first kappa shape index (κ1) is 11.4. The molecule has 2 rings (SSSR count).